The van der Waals surface area contributed by atoms with E-state index >= 15 is 0 Å². The molecule has 0 aliphatic heterocycles. The van der Waals surface area contributed by atoms with Crippen LogP contribution in [0.5, 0.6) is 0 Å². The predicted octanol–water partition coefficient (Wildman–Crippen LogP) is 2.56. The average molecular weight is 217 g/mol. The first-order chi connectivity index (χ1) is 7.51. The van der Waals surface area contributed by atoms with E-state index < -0.39 is 5.54 Å². The Morgan fingerprint density at radius 2 is 1.88 bits per heavy atom. The quantitative estimate of drug-likeness (QED) is 0.788. The highest BCUT2D eigenvalue weighted by Gasteiger charge is 2.45. The molecule has 0 aromatic heterocycles. The normalized spacial score (nSPS) is 17.5. The van der Waals surface area contributed by atoms with Gasteiger partial charge in [-0.05, 0) is 30.7 Å². The third kappa shape index (κ3) is 2.33. The second-order valence-corrected chi connectivity index (χ2v) is 5.28. The van der Waals surface area contributed by atoms with Crippen LogP contribution >= 0.6 is 0 Å². The van der Waals surface area contributed by atoms with Crippen LogP contribution in [-0.4, -0.2) is 11.3 Å². The Labute approximate surface area is 96.8 Å². The average Bonchev–Trinajstić information content (AvgIpc) is 2.97. The maximum atomic E-state index is 11.9. The minimum atomic E-state index is -0.542. The van der Waals surface area contributed by atoms with E-state index in [0.29, 0.717) is 5.92 Å². The molecule has 2 heteroatoms. The van der Waals surface area contributed by atoms with Crippen LogP contribution in [0.3, 0.4) is 0 Å². The second-order valence-electron chi connectivity index (χ2n) is 5.28. The van der Waals surface area contributed by atoms with E-state index in [1.807, 2.05) is 24.3 Å². The highest BCUT2D eigenvalue weighted by molar-refractivity contribution is 6.05. The van der Waals surface area contributed by atoms with Crippen molar-refractivity contribution in [1.82, 2.24) is 0 Å². The summed E-state index contributed by atoms with van der Waals surface area (Å²) in [5.74, 6) is 0.745. The van der Waals surface area contributed by atoms with Crippen molar-refractivity contribution in [3.63, 3.8) is 0 Å². The first-order valence-electron chi connectivity index (χ1n) is 5.94. The number of nitrogens with two attached hydrogens (primary N) is 1. The van der Waals surface area contributed by atoms with Crippen molar-refractivity contribution in [2.75, 3.05) is 0 Å². The molecule has 1 aromatic rings. The largest absolute Gasteiger partial charge is 0.319 e. The zero-order valence-electron chi connectivity index (χ0n) is 9.99. The van der Waals surface area contributed by atoms with Crippen LogP contribution in [-0.2, 0) is 6.42 Å². The highest BCUT2D eigenvalue weighted by Crippen LogP contribution is 2.35. The molecule has 1 aromatic carbocycles. The van der Waals surface area contributed by atoms with Crippen LogP contribution in [0.15, 0.2) is 24.3 Å². The molecule has 0 bridgehead atoms. The number of ketones is 1. The van der Waals surface area contributed by atoms with Gasteiger partial charge in [-0.15, -0.1) is 0 Å². The third-order valence-electron chi connectivity index (χ3n) is 3.10. The maximum Gasteiger partial charge on any atom is 0.182 e. The minimum Gasteiger partial charge on any atom is -0.319 e. The third-order valence-corrected chi connectivity index (χ3v) is 3.10. The van der Waals surface area contributed by atoms with Crippen LogP contribution in [0.4, 0.5) is 0 Å². The Bertz CT molecular complexity index is 388. The lowest BCUT2D eigenvalue weighted by Crippen LogP contribution is -2.32. The highest BCUT2D eigenvalue weighted by atomic mass is 16.1. The Kier molecular flexibility index (Phi) is 2.85. The summed E-state index contributed by atoms with van der Waals surface area (Å²) in [7, 11) is 0. The Morgan fingerprint density at radius 3 is 2.31 bits per heavy atom. The lowest BCUT2D eigenvalue weighted by molar-refractivity contribution is 0.0949. The molecular formula is C14H19NO. The number of carbonyl (C=O) groups excluding carboxylic acids is 1. The van der Waals surface area contributed by atoms with Crippen molar-refractivity contribution in [2.45, 2.75) is 38.6 Å². The van der Waals surface area contributed by atoms with Crippen molar-refractivity contribution in [3.05, 3.63) is 35.4 Å². The Morgan fingerprint density at radius 1 is 1.31 bits per heavy atom. The molecule has 0 amide bonds. The van der Waals surface area contributed by atoms with Gasteiger partial charge >= 0.3 is 0 Å². The van der Waals surface area contributed by atoms with Crippen molar-refractivity contribution < 1.29 is 4.79 Å². The van der Waals surface area contributed by atoms with Crippen molar-refractivity contribution >= 4 is 5.78 Å². The van der Waals surface area contributed by atoms with Crippen LogP contribution in [0.2, 0.25) is 0 Å². The number of benzene rings is 1. The lowest BCUT2D eigenvalue weighted by Gasteiger charge is -2.09. The van der Waals surface area contributed by atoms with E-state index in [1.54, 1.807) is 0 Å². The van der Waals surface area contributed by atoms with E-state index in [9.17, 15) is 4.79 Å². The molecule has 0 unspecified atom stereocenters. The number of carbonyl (C=O) groups is 1. The fraction of sp³-hybridized carbons (Fsp3) is 0.500. The molecule has 0 radical (unpaired) electrons. The van der Waals surface area contributed by atoms with Gasteiger partial charge in [0.15, 0.2) is 5.78 Å². The second kappa shape index (κ2) is 4.02. The Balaban J connectivity index is 2.10. The van der Waals surface area contributed by atoms with Gasteiger partial charge in [0.2, 0.25) is 0 Å². The molecule has 2 nitrogen and oxygen atoms in total. The standard InChI is InChI=1S/C14H19NO/c1-10(2)9-11-3-5-12(6-4-11)13(16)14(15)7-8-14/h3-6,10H,7-9,15H2,1-2H3. The topological polar surface area (TPSA) is 43.1 Å². The molecule has 0 heterocycles. The minimum absolute atomic E-state index is 0.101. The van der Waals surface area contributed by atoms with Gasteiger partial charge in [0, 0.05) is 5.56 Å². The van der Waals surface area contributed by atoms with Gasteiger partial charge in [-0.1, -0.05) is 38.1 Å². The molecule has 1 fully saturated rings. The molecule has 16 heavy (non-hydrogen) atoms. The Hall–Kier alpha value is -1.15. The summed E-state index contributed by atoms with van der Waals surface area (Å²) in [4.78, 5) is 11.9. The smallest absolute Gasteiger partial charge is 0.182 e. The molecule has 0 spiro atoms. The molecule has 2 N–H and O–H groups in total. The van der Waals surface area contributed by atoms with E-state index in [-0.39, 0.29) is 5.78 Å². The fourth-order valence-electron chi connectivity index (χ4n) is 1.91. The first kappa shape index (κ1) is 11.3. The van der Waals surface area contributed by atoms with Crippen LogP contribution in [0.25, 0.3) is 0 Å². The summed E-state index contributed by atoms with van der Waals surface area (Å²) in [6.45, 7) is 4.39. The van der Waals surface area contributed by atoms with Crippen molar-refractivity contribution in [1.29, 1.82) is 0 Å². The summed E-state index contributed by atoms with van der Waals surface area (Å²) in [6, 6.07) is 7.90. The molecular weight excluding hydrogens is 198 g/mol. The van der Waals surface area contributed by atoms with E-state index in [0.717, 1.165) is 24.8 Å². The van der Waals surface area contributed by atoms with Gasteiger partial charge in [-0.25, -0.2) is 0 Å². The van der Waals surface area contributed by atoms with Gasteiger partial charge in [0.1, 0.15) is 0 Å². The summed E-state index contributed by atoms with van der Waals surface area (Å²) in [5.41, 5.74) is 7.39. The molecule has 1 aliphatic rings. The number of hydrogen-bond acceptors (Lipinski definition) is 2. The molecule has 0 saturated heterocycles. The molecule has 2 rings (SSSR count). The van der Waals surface area contributed by atoms with Gasteiger partial charge in [-0.2, -0.15) is 0 Å². The first-order valence-corrected chi connectivity index (χ1v) is 5.94. The molecule has 1 saturated carbocycles. The molecule has 1 aliphatic carbocycles. The summed E-state index contributed by atoms with van der Waals surface area (Å²) >= 11 is 0. The van der Waals surface area contributed by atoms with E-state index in [2.05, 4.69) is 13.8 Å². The zero-order chi connectivity index (χ0) is 11.8. The van der Waals surface area contributed by atoms with Gasteiger partial charge in [-0.3, -0.25) is 4.79 Å². The van der Waals surface area contributed by atoms with Gasteiger partial charge in [0.25, 0.3) is 0 Å². The lowest BCUT2D eigenvalue weighted by atomic mass is 9.98. The molecule has 86 valence electrons. The summed E-state index contributed by atoms with van der Waals surface area (Å²) in [6.07, 6.45) is 2.72. The SMILES string of the molecule is CC(C)Cc1ccc(C(=O)C2(N)CC2)cc1. The van der Waals surface area contributed by atoms with E-state index in [4.69, 9.17) is 5.73 Å². The van der Waals surface area contributed by atoms with Crippen LogP contribution in [0.1, 0.15) is 42.6 Å². The zero-order valence-corrected chi connectivity index (χ0v) is 9.99. The van der Waals surface area contributed by atoms with E-state index in [1.165, 1.54) is 5.56 Å². The predicted molar refractivity (Wildman–Crippen MR) is 65.5 cm³/mol. The van der Waals surface area contributed by atoms with Crippen LogP contribution in [0, 0.1) is 5.92 Å². The maximum absolute atomic E-state index is 11.9. The number of rotatable bonds is 4. The monoisotopic (exact) mass is 217 g/mol. The summed E-state index contributed by atoms with van der Waals surface area (Å²) in [5, 5.41) is 0. The molecule has 0 atom stereocenters. The van der Waals surface area contributed by atoms with Crippen molar-refractivity contribution in [2.24, 2.45) is 11.7 Å². The van der Waals surface area contributed by atoms with Gasteiger partial charge < -0.3 is 5.73 Å². The fourth-order valence-corrected chi connectivity index (χ4v) is 1.91. The van der Waals surface area contributed by atoms with Crippen molar-refractivity contribution in [3.8, 4) is 0 Å². The summed E-state index contributed by atoms with van der Waals surface area (Å²) < 4.78 is 0. The number of hydrogen-bond donors (Lipinski definition) is 1. The number of Topliss-reactive ketones (excluding diaryl/α,β-unsaturated/α-hetero) is 1. The van der Waals surface area contributed by atoms with Crippen LogP contribution < -0.4 is 5.73 Å². The van der Waals surface area contributed by atoms with Gasteiger partial charge in [0.05, 0.1) is 5.54 Å².